The topological polar surface area (TPSA) is 25.8 Å². The fourth-order valence-corrected chi connectivity index (χ4v) is 1.44. The molecular formula is C13H12N2. The lowest BCUT2D eigenvalue weighted by molar-refractivity contribution is 1.08. The molecule has 74 valence electrons. The minimum atomic E-state index is 0.675. The lowest BCUT2D eigenvalue weighted by atomic mass is 10.1. The third kappa shape index (κ3) is 2.10. The lowest BCUT2D eigenvalue weighted by Gasteiger charge is -2.03. The zero-order valence-corrected chi connectivity index (χ0v) is 8.64. The third-order valence-electron chi connectivity index (χ3n) is 2.12. The first kappa shape index (κ1) is 9.59. The van der Waals surface area contributed by atoms with Gasteiger partial charge in [0.25, 0.3) is 0 Å². The Balaban J connectivity index is 2.53. The van der Waals surface area contributed by atoms with Gasteiger partial charge >= 0.3 is 0 Å². The standard InChI is InChI=1S/C13H12N2/c1-3-13-14-10(2)9-12(15-13)11-7-5-4-6-8-11/h3-9H,1H2,2H3. The average Bonchev–Trinajstić information content (AvgIpc) is 2.29. The van der Waals surface area contributed by atoms with E-state index < -0.39 is 0 Å². The lowest BCUT2D eigenvalue weighted by Crippen LogP contribution is -1.93. The van der Waals surface area contributed by atoms with Crippen LogP contribution in [0.4, 0.5) is 0 Å². The number of rotatable bonds is 2. The first-order chi connectivity index (χ1) is 7.29. The zero-order chi connectivity index (χ0) is 10.7. The highest BCUT2D eigenvalue weighted by atomic mass is 14.9. The van der Waals surface area contributed by atoms with E-state index in [4.69, 9.17) is 0 Å². The van der Waals surface area contributed by atoms with E-state index in [-0.39, 0.29) is 0 Å². The molecule has 2 aromatic rings. The van der Waals surface area contributed by atoms with Gasteiger partial charge < -0.3 is 0 Å². The molecule has 1 heterocycles. The van der Waals surface area contributed by atoms with Crippen LogP contribution in [-0.4, -0.2) is 9.97 Å². The van der Waals surface area contributed by atoms with E-state index in [9.17, 15) is 0 Å². The SMILES string of the molecule is C=Cc1nc(C)cc(-c2ccccc2)n1. The second kappa shape index (κ2) is 4.05. The van der Waals surface area contributed by atoms with Gasteiger partial charge in [-0.3, -0.25) is 0 Å². The summed E-state index contributed by atoms with van der Waals surface area (Å²) in [6.07, 6.45) is 1.67. The van der Waals surface area contributed by atoms with Crippen LogP contribution in [0.3, 0.4) is 0 Å². The van der Waals surface area contributed by atoms with Crippen molar-refractivity contribution in [1.82, 2.24) is 9.97 Å². The number of hydrogen-bond acceptors (Lipinski definition) is 2. The van der Waals surface area contributed by atoms with E-state index >= 15 is 0 Å². The van der Waals surface area contributed by atoms with E-state index in [2.05, 4.69) is 16.5 Å². The summed E-state index contributed by atoms with van der Waals surface area (Å²) in [5.74, 6) is 0.675. The van der Waals surface area contributed by atoms with Gasteiger partial charge in [-0.2, -0.15) is 0 Å². The van der Waals surface area contributed by atoms with Gasteiger partial charge in [0, 0.05) is 11.3 Å². The summed E-state index contributed by atoms with van der Waals surface area (Å²) in [6.45, 7) is 5.64. The number of nitrogens with zero attached hydrogens (tertiary/aromatic N) is 2. The molecule has 0 saturated carbocycles. The van der Waals surface area contributed by atoms with Crippen molar-refractivity contribution in [3.05, 3.63) is 54.5 Å². The summed E-state index contributed by atoms with van der Waals surface area (Å²) in [6, 6.07) is 12.0. The van der Waals surface area contributed by atoms with Crippen molar-refractivity contribution < 1.29 is 0 Å². The molecule has 15 heavy (non-hydrogen) atoms. The summed E-state index contributed by atoms with van der Waals surface area (Å²) in [5, 5.41) is 0. The van der Waals surface area contributed by atoms with E-state index in [0.717, 1.165) is 17.0 Å². The van der Waals surface area contributed by atoms with Gasteiger partial charge in [0.05, 0.1) is 5.69 Å². The van der Waals surface area contributed by atoms with Crippen LogP contribution in [0.1, 0.15) is 11.5 Å². The Morgan fingerprint density at radius 2 is 1.87 bits per heavy atom. The van der Waals surface area contributed by atoms with Crippen molar-refractivity contribution in [2.24, 2.45) is 0 Å². The molecule has 0 saturated heterocycles. The monoisotopic (exact) mass is 196 g/mol. The minimum Gasteiger partial charge on any atom is -0.234 e. The summed E-state index contributed by atoms with van der Waals surface area (Å²) < 4.78 is 0. The van der Waals surface area contributed by atoms with Crippen LogP contribution in [0.25, 0.3) is 17.3 Å². The third-order valence-corrected chi connectivity index (χ3v) is 2.12. The van der Waals surface area contributed by atoms with E-state index in [1.54, 1.807) is 6.08 Å². The first-order valence-electron chi connectivity index (χ1n) is 4.83. The predicted octanol–water partition coefficient (Wildman–Crippen LogP) is 3.10. The average molecular weight is 196 g/mol. The van der Waals surface area contributed by atoms with Crippen molar-refractivity contribution in [2.75, 3.05) is 0 Å². The molecule has 0 bridgehead atoms. The summed E-state index contributed by atoms with van der Waals surface area (Å²) >= 11 is 0. The summed E-state index contributed by atoms with van der Waals surface area (Å²) in [4.78, 5) is 8.64. The largest absolute Gasteiger partial charge is 0.234 e. The van der Waals surface area contributed by atoms with Crippen molar-refractivity contribution in [3.8, 4) is 11.3 Å². The number of aromatic nitrogens is 2. The smallest absolute Gasteiger partial charge is 0.152 e. The van der Waals surface area contributed by atoms with Crippen molar-refractivity contribution in [1.29, 1.82) is 0 Å². The Bertz CT molecular complexity index is 475. The van der Waals surface area contributed by atoms with E-state index in [0.29, 0.717) is 5.82 Å². The van der Waals surface area contributed by atoms with Gasteiger partial charge in [-0.05, 0) is 19.1 Å². The Morgan fingerprint density at radius 3 is 2.53 bits per heavy atom. The molecule has 0 aliphatic heterocycles. The van der Waals surface area contributed by atoms with E-state index in [1.165, 1.54) is 0 Å². The normalized spacial score (nSPS) is 9.93. The number of aryl methyl sites for hydroxylation is 1. The maximum absolute atomic E-state index is 4.39. The molecule has 2 heteroatoms. The van der Waals surface area contributed by atoms with E-state index in [1.807, 2.05) is 43.3 Å². The van der Waals surface area contributed by atoms with Crippen LogP contribution in [0, 0.1) is 6.92 Å². The van der Waals surface area contributed by atoms with Crippen LogP contribution in [0.2, 0.25) is 0 Å². The van der Waals surface area contributed by atoms with Gasteiger partial charge in [-0.15, -0.1) is 0 Å². The van der Waals surface area contributed by atoms with Crippen LogP contribution < -0.4 is 0 Å². The Labute approximate surface area is 89.3 Å². The van der Waals surface area contributed by atoms with Crippen molar-refractivity contribution in [2.45, 2.75) is 6.92 Å². The molecule has 0 fully saturated rings. The number of hydrogen-bond donors (Lipinski definition) is 0. The van der Waals surface area contributed by atoms with Gasteiger partial charge in [-0.25, -0.2) is 9.97 Å². The molecule has 0 spiro atoms. The maximum Gasteiger partial charge on any atom is 0.152 e. The van der Waals surface area contributed by atoms with Crippen LogP contribution in [-0.2, 0) is 0 Å². The molecule has 0 atom stereocenters. The fourth-order valence-electron chi connectivity index (χ4n) is 1.44. The molecule has 1 aromatic carbocycles. The highest BCUT2D eigenvalue weighted by Gasteiger charge is 2.01. The highest BCUT2D eigenvalue weighted by Crippen LogP contribution is 2.17. The molecule has 1 aromatic heterocycles. The number of benzene rings is 1. The van der Waals surface area contributed by atoms with Gasteiger partial charge in [0.2, 0.25) is 0 Å². The van der Waals surface area contributed by atoms with Gasteiger partial charge in [0.15, 0.2) is 5.82 Å². The van der Waals surface area contributed by atoms with Crippen LogP contribution in [0.15, 0.2) is 43.0 Å². The molecule has 0 amide bonds. The van der Waals surface area contributed by atoms with Crippen LogP contribution >= 0.6 is 0 Å². The summed E-state index contributed by atoms with van der Waals surface area (Å²) in [5.41, 5.74) is 3.00. The minimum absolute atomic E-state index is 0.675. The molecule has 0 radical (unpaired) electrons. The van der Waals surface area contributed by atoms with Gasteiger partial charge in [0.1, 0.15) is 0 Å². The zero-order valence-electron chi connectivity index (χ0n) is 8.64. The molecule has 2 rings (SSSR count). The van der Waals surface area contributed by atoms with Crippen molar-refractivity contribution in [3.63, 3.8) is 0 Å². The van der Waals surface area contributed by atoms with Gasteiger partial charge in [-0.1, -0.05) is 36.9 Å². The fraction of sp³-hybridized carbons (Fsp3) is 0.0769. The summed E-state index contributed by atoms with van der Waals surface area (Å²) in [7, 11) is 0. The van der Waals surface area contributed by atoms with Crippen LogP contribution in [0.5, 0.6) is 0 Å². The Kier molecular flexibility index (Phi) is 2.59. The predicted molar refractivity (Wildman–Crippen MR) is 62.3 cm³/mol. The Morgan fingerprint density at radius 1 is 1.13 bits per heavy atom. The molecule has 0 unspecified atom stereocenters. The molecular weight excluding hydrogens is 184 g/mol. The molecule has 0 N–H and O–H groups in total. The quantitative estimate of drug-likeness (QED) is 0.737. The second-order valence-electron chi connectivity index (χ2n) is 3.32. The second-order valence-corrected chi connectivity index (χ2v) is 3.32. The Hall–Kier alpha value is -1.96. The van der Waals surface area contributed by atoms with Crippen molar-refractivity contribution >= 4 is 6.08 Å². The first-order valence-corrected chi connectivity index (χ1v) is 4.83. The molecule has 0 aliphatic rings. The molecule has 2 nitrogen and oxygen atoms in total. The maximum atomic E-state index is 4.39. The highest BCUT2D eigenvalue weighted by molar-refractivity contribution is 5.60. The molecule has 0 aliphatic carbocycles.